The molecule has 1 nitrogen and oxygen atoms in total. The van der Waals surface area contributed by atoms with E-state index >= 15 is 0 Å². The zero-order valence-corrected chi connectivity index (χ0v) is 13.2. The van der Waals surface area contributed by atoms with E-state index in [0.717, 1.165) is 12.0 Å². The molecule has 1 heteroatoms. The normalized spacial score (nSPS) is 26.4. The predicted molar refractivity (Wildman–Crippen MR) is 84.3 cm³/mol. The van der Waals surface area contributed by atoms with Gasteiger partial charge in [-0.05, 0) is 65.7 Å². The maximum atomic E-state index is 2.77. The van der Waals surface area contributed by atoms with Crippen LogP contribution in [0.25, 0.3) is 0 Å². The third-order valence-corrected chi connectivity index (χ3v) is 5.52. The molecule has 1 saturated carbocycles. The van der Waals surface area contributed by atoms with Crippen molar-refractivity contribution in [3.63, 3.8) is 0 Å². The Labute approximate surface area is 123 Å². The quantitative estimate of drug-likeness (QED) is 0.731. The summed E-state index contributed by atoms with van der Waals surface area (Å²) in [6.45, 7) is 9.60. The lowest BCUT2D eigenvalue weighted by Crippen LogP contribution is -2.37. The van der Waals surface area contributed by atoms with Crippen LogP contribution in [-0.4, -0.2) is 17.5 Å². The van der Waals surface area contributed by atoms with Crippen LogP contribution in [0.3, 0.4) is 0 Å². The summed E-state index contributed by atoms with van der Waals surface area (Å²) in [5.74, 6) is 0.831. The lowest BCUT2D eigenvalue weighted by molar-refractivity contribution is 0.210. The van der Waals surface area contributed by atoms with Crippen LogP contribution in [0.1, 0.15) is 74.6 Å². The number of benzene rings is 1. The van der Waals surface area contributed by atoms with Crippen molar-refractivity contribution in [3.8, 4) is 0 Å². The SMILES string of the molecule is CC(C)(C)c1cc2c3c(c1)CN(C1CC1)C[C@H]3CCC2. The van der Waals surface area contributed by atoms with Gasteiger partial charge in [-0.25, -0.2) is 0 Å². The molecule has 1 heterocycles. The second kappa shape index (κ2) is 4.34. The van der Waals surface area contributed by atoms with Crippen molar-refractivity contribution < 1.29 is 0 Å². The molecule has 0 radical (unpaired) electrons. The van der Waals surface area contributed by atoms with Gasteiger partial charge >= 0.3 is 0 Å². The zero-order valence-electron chi connectivity index (χ0n) is 13.2. The van der Waals surface area contributed by atoms with Gasteiger partial charge in [-0.15, -0.1) is 0 Å². The van der Waals surface area contributed by atoms with Crippen molar-refractivity contribution in [2.75, 3.05) is 6.54 Å². The van der Waals surface area contributed by atoms with Crippen molar-refractivity contribution in [1.29, 1.82) is 0 Å². The van der Waals surface area contributed by atoms with E-state index in [0.29, 0.717) is 0 Å². The van der Waals surface area contributed by atoms with Crippen molar-refractivity contribution in [1.82, 2.24) is 4.90 Å². The number of hydrogen-bond donors (Lipinski definition) is 0. The molecule has 0 bridgehead atoms. The van der Waals surface area contributed by atoms with Gasteiger partial charge in [0.2, 0.25) is 0 Å². The Balaban J connectivity index is 1.80. The van der Waals surface area contributed by atoms with Gasteiger partial charge in [-0.3, -0.25) is 4.90 Å². The minimum atomic E-state index is 0.278. The second-order valence-corrected chi connectivity index (χ2v) is 8.21. The maximum Gasteiger partial charge on any atom is 0.0239 e. The average Bonchev–Trinajstić information content (AvgIpc) is 3.21. The number of nitrogens with zero attached hydrogens (tertiary/aromatic N) is 1. The van der Waals surface area contributed by atoms with Crippen LogP contribution in [-0.2, 0) is 18.4 Å². The average molecular weight is 269 g/mol. The van der Waals surface area contributed by atoms with E-state index in [-0.39, 0.29) is 5.41 Å². The van der Waals surface area contributed by atoms with Crippen LogP contribution in [0.4, 0.5) is 0 Å². The van der Waals surface area contributed by atoms with Crippen molar-refractivity contribution in [2.24, 2.45) is 0 Å². The van der Waals surface area contributed by atoms with Gasteiger partial charge in [0.25, 0.3) is 0 Å². The molecule has 2 aliphatic carbocycles. The van der Waals surface area contributed by atoms with Gasteiger partial charge in [0.05, 0.1) is 0 Å². The fourth-order valence-corrected chi connectivity index (χ4v) is 4.22. The van der Waals surface area contributed by atoms with E-state index in [1.807, 2.05) is 0 Å². The highest BCUT2D eigenvalue weighted by atomic mass is 15.2. The summed E-state index contributed by atoms with van der Waals surface area (Å²) in [5.41, 5.74) is 6.92. The Morgan fingerprint density at radius 2 is 1.80 bits per heavy atom. The highest BCUT2D eigenvalue weighted by molar-refractivity contribution is 5.46. The number of hydrogen-bond acceptors (Lipinski definition) is 1. The largest absolute Gasteiger partial charge is 0.296 e. The Hall–Kier alpha value is -0.820. The van der Waals surface area contributed by atoms with E-state index in [9.17, 15) is 0 Å². The number of aryl methyl sites for hydroxylation is 1. The summed E-state index contributed by atoms with van der Waals surface area (Å²) in [6.07, 6.45) is 7.00. The van der Waals surface area contributed by atoms with Gasteiger partial charge in [-0.1, -0.05) is 32.9 Å². The molecular weight excluding hydrogens is 242 g/mol. The minimum absolute atomic E-state index is 0.278. The van der Waals surface area contributed by atoms with Crippen LogP contribution in [0.5, 0.6) is 0 Å². The van der Waals surface area contributed by atoms with Crippen LogP contribution in [0.2, 0.25) is 0 Å². The molecule has 20 heavy (non-hydrogen) atoms. The molecule has 1 aromatic rings. The molecule has 0 amide bonds. The molecule has 108 valence electrons. The summed E-state index contributed by atoms with van der Waals surface area (Å²) < 4.78 is 0. The molecule has 1 aromatic carbocycles. The lowest BCUT2D eigenvalue weighted by Gasteiger charge is -2.40. The first kappa shape index (κ1) is 12.9. The summed E-state index contributed by atoms with van der Waals surface area (Å²) in [5, 5.41) is 0. The first-order chi connectivity index (χ1) is 9.52. The van der Waals surface area contributed by atoms with Gasteiger partial charge in [0.1, 0.15) is 0 Å². The summed E-state index contributed by atoms with van der Waals surface area (Å²) in [7, 11) is 0. The van der Waals surface area contributed by atoms with Gasteiger partial charge in [0.15, 0.2) is 0 Å². The van der Waals surface area contributed by atoms with Crippen LogP contribution in [0, 0.1) is 0 Å². The molecule has 0 spiro atoms. The highest BCUT2D eigenvalue weighted by Crippen LogP contribution is 2.43. The second-order valence-electron chi connectivity index (χ2n) is 8.21. The molecule has 0 saturated heterocycles. The van der Waals surface area contributed by atoms with Gasteiger partial charge in [0, 0.05) is 19.1 Å². The third kappa shape index (κ3) is 2.11. The smallest absolute Gasteiger partial charge is 0.0239 e. The van der Waals surface area contributed by atoms with Crippen LogP contribution < -0.4 is 0 Å². The molecule has 4 rings (SSSR count). The molecule has 1 fully saturated rings. The van der Waals surface area contributed by atoms with E-state index in [1.54, 1.807) is 22.3 Å². The van der Waals surface area contributed by atoms with E-state index in [4.69, 9.17) is 0 Å². The van der Waals surface area contributed by atoms with Gasteiger partial charge in [-0.2, -0.15) is 0 Å². The molecule has 1 atom stereocenters. The van der Waals surface area contributed by atoms with Crippen molar-refractivity contribution in [3.05, 3.63) is 34.4 Å². The lowest BCUT2D eigenvalue weighted by atomic mass is 9.74. The molecule has 3 aliphatic rings. The Kier molecular flexibility index (Phi) is 2.79. The summed E-state index contributed by atoms with van der Waals surface area (Å²) in [6, 6.07) is 5.97. The minimum Gasteiger partial charge on any atom is -0.296 e. The predicted octanol–water partition coefficient (Wildman–Crippen LogP) is 4.38. The fraction of sp³-hybridized carbons (Fsp3) is 0.684. The number of rotatable bonds is 1. The first-order valence-corrected chi connectivity index (χ1v) is 8.42. The Morgan fingerprint density at radius 3 is 2.50 bits per heavy atom. The molecule has 0 N–H and O–H groups in total. The molecule has 0 unspecified atom stereocenters. The standard InChI is InChI=1S/C19H27N/c1-19(2,3)16-9-13-5-4-6-14-11-20(17-7-8-17)12-15(10-16)18(13)14/h9-10,14,17H,4-8,11-12H2,1-3H3/t14-/m1/s1. The summed E-state index contributed by atoms with van der Waals surface area (Å²) >= 11 is 0. The Bertz CT molecular complexity index is 533. The monoisotopic (exact) mass is 269 g/mol. The van der Waals surface area contributed by atoms with Crippen LogP contribution in [0.15, 0.2) is 12.1 Å². The Morgan fingerprint density at radius 1 is 1.05 bits per heavy atom. The van der Waals surface area contributed by atoms with Crippen molar-refractivity contribution in [2.45, 2.75) is 76.8 Å². The van der Waals surface area contributed by atoms with E-state index in [2.05, 4.69) is 37.8 Å². The zero-order chi connectivity index (χ0) is 13.9. The van der Waals surface area contributed by atoms with Gasteiger partial charge < -0.3 is 0 Å². The third-order valence-electron chi connectivity index (χ3n) is 5.52. The van der Waals surface area contributed by atoms with Crippen molar-refractivity contribution >= 4 is 0 Å². The first-order valence-electron chi connectivity index (χ1n) is 8.42. The fourth-order valence-electron chi connectivity index (χ4n) is 4.22. The summed E-state index contributed by atoms with van der Waals surface area (Å²) in [4.78, 5) is 2.77. The topological polar surface area (TPSA) is 3.24 Å². The molecule has 0 aromatic heterocycles. The highest BCUT2D eigenvalue weighted by Gasteiger charge is 2.37. The van der Waals surface area contributed by atoms with Crippen LogP contribution >= 0.6 is 0 Å². The van der Waals surface area contributed by atoms with E-state index < -0.39 is 0 Å². The maximum absolute atomic E-state index is 2.77. The molecular formula is C19H27N. The van der Waals surface area contributed by atoms with E-state index in [1.165, 1.54) is 45.2 Å². The molecule has 1 aliphatic heterocycles.